The highest BCUT2D eigenvalue weighted by Crippen LogP contribution is 2.33. The van der Waals surface area contributed by atoms with Gasteiger partial charge in [-0.25, -0.2) is 18.2 Å². The number of β-amino-alcohol motifs (C(OH)–C–C–N with tert-alkyl or cyclic N) is 1. The molecule has 2 aliphatic heterocycles. The quantitative estimate of drug-likeness (QED) is 0.464. The summed E-state index contributed by atoms with van der Waals surface area (Å²) in [5.41, 5.74) is 5.17. The number of carbonyl (C=O) groups excluding carboxylic acids is 2. The van der Waals surface area contributed by atoms with Gasteiger partial charge >= 0.3 is 6.18 Å². The van der Waals surface area contributed by atoms with Crippen molar-refractivity contribution in [3.63, 3.8) is 0 Å². The van der Waals surface area contributed by atoms with Crippen LogP contribution >= 0.6 is 0 Å². The first-order valence-electron chi connectivity index (χ1n) is 11.2. The number of hydrogen-bond acceptors (Lipinski definition) is 5. The minimum atomic E-state index is -4.83. The average Bonchev–Trinajstić information content (AvgIpc) is 3.40. The molecule has 2 atom stereocenters. The fourth-order valence-electron chi connectivity index (χ4n) is 4.47. The summed E-state index contributed by atoms with van der Waals surface area (Å²) in [5.74, 6) is -6.24. The number of likely N-dealkylation sites (tertiary alicyclic amines) is 1. The summed E-state index contributed by atoms with van der Waals surface area (Å²) in [7, 11) is 0. The molecule has 0 spiro atoms. The number of aromatic nitrogens is 2. The number of rotatable bonds is 5. The van der Waals surface area contributed by atoms with E-state index in [1.807, 2.05) is 0 Å². The summed E-state index contributed by atoms with van der Waals surface area (Å²) in [4.78, 5) is 31.7. The Labute approximate surface area is 201 Å². The maximum atomic E-state index is 13.9. The van der Waals surface area contributed by atoms with Crippen LogP contribution in [0.15, 0.2) is 12.1 Å². The minimum absolute atomic E-state index is 0.0372. The number of imidazole rings is 1. The van der Waals surface area contributed by atoms with Gasteiger partial charge in [-0.1, -0.05) is 0 Å². The smallest absolute Gasteiger partial charge is 0.391 e. The molecule has 1 unspecified atom stereocenters. The van der Waals surface area contributed by atoms with Crippen LogP contribution in [0.3, 0.4) is 0 Å². The summed E-state index contributed by atoms with van der Waals surface area (Å²) < 4.78 is 82.1. The van der Waals surface area contributed by atoms with Gasteiger partial charge in [0.2, 0.25) is 11.7 Å². The molecule has 2 aromatic rings. The molecule has 8 nitrogen and oxygen atoms in total. The summed E-state index contributed by atoms with van der Waals surface area (Å²) in [6.45, 7) is -0.610. The van der Waals surface area contributed by atoms with Crippen LogP contribution in [0.25, 0.3) is 0 Å². The van der Waals surface area contributed by atoms with Crippen LogP contribution in [0, 0.1) is 17.5 Å². The SMILES string of the molecule is NC(CC(=O)N1CCn2c(C(F)(F)F)nc(C(=O)N3CC[C@@H](O)C3)c2C1)Cc1cc(F)c(F)cc1F. The second-order valence-electron chi connectivity index (χ2n) is 8.92. The van der Waals surface area contributed by atoms with Crippen LogP contribution in [-0.4, -0.2) is 68.1 Å². The molecule has 2 aliphatic rings. The zero-order chi connectivity index (χ0) is 26.4. The van der Waals surface area contributed by atoms with Crippen LogP contribution in [0.1, 0.15) is 40.4 Å². The Morgan fingerprint density at radius 3 is 2.42 bits per heavy atom. The number of hydrogen-bond donors (Lipinski definition) is 2. The number of fused-ring (bicyclic) bond motifs is 1. The van der Waals surface area contributed by atoms with Crippen LogP contribution in [0.5, 0.6) is 0 Å². The summed E-state index contributed by atoms with van der Waals surface area (Å²) in [5, 5.41) is 9.69. The summed E-state index contributed by atoms with van der Waals surface area (Å²) in [6, 6.07) is 0.0446. The predicted octanol–water partition coefficient (Wildman–Crippen LogP) is 1.83. The third-order valence-electron chi connectivity index (χ3n) is 6.27. The Hall–Kier alpha value is -3.13. The summed E-state index contributed by atoms with van der Waals surface area (Å²) in [6.07, 6.45) is -5.95. The van der Waals surface area contributed by atoms with Gasteiger partial charge in [0.15, 0.2) is 17.3 Å². The molecule has 1 fully saturated rings. The number of benzene rings is 1. The Morgan fingerprint density at radius 2 is 1.78 bits per heavy atom. The monoisotopic (exact) mass is 519 g/mol. The van der Waals surface area contributed by atoms with Crippen LogP contribution in [0.4, 0.5) is 26.3 Å². The van der Waals surface area contributed by atoms with Gasteiger partial charge in [0.1, 0.15) is 5.82 Å². The van der Waals surface area contributed by atoms with Crippen molar-refractivity contribution in [1.29, 1.82) is 0 Å². The van der Waals surface area contributed by atoms with E-state index in [0.29, 0.717) is 12.1 Å². The first-order chi connectivity index (χ1) is 16.8. The van der Waals surface area contributed by atoms with Gasteiger partial charge in [0, 0.05) is 44.7 Å². The highest BCUT2D eigenvalue weighted by atomic mass is 19.4. The topological polar surface area (TPSA) is 105 Å². The normalized spacial score (nSPS) is 18.9. The van der Waals surface area contributed by atoms with E-state index in [4.69, 9.17) is 5.73 Å². The molecule has 0 radical (unpaired) electrons. The number of aliphatic hydroxyl groups excluding tert-OH is 1. The Morgan fingerprint density at radius 1 is 1.08 bits per heavy atom. The molecule has 14 heteroatoms. The number of nitrogens with two attached hydrogens (primary N) is 1. The van der Waals surface area contributed by atoms with Crippen molar-refractivity contribution < 1.29 is 41.0 Å². The molecule has 3 N–H and O–H groups in total. The van der Waals surface area contributed by atoms with Crippen LogP contribution in [-0.2, 0) is 30.5 Å². The number of alkyl halides is 3. The van der Waals surface area contributed by atoms with Gasteiger partial charge in [0.25, 0.3) is 5.91 Å². The number of aliphatic hydroxyl groups is 1. The number of nitrogens with zero attached hydrogens (tertiary/aromatic N) is 4. The van der Waals surface area contributed by atoms with Crippen molar-refractivity contribution in [3.05, 3.63) is 52.4 Å². The lowest BCUT2D eigenvalue weighted by atomic mass is 10.0. The van der Waals surface area contributed by atoms with Crippen molar-refractivity contribution in [2.24, 2.45) is 5.73 Å². The van der Waals surface area contributed by atoms with E-state index in [-0.39, 0.29) is 63.2 Å². The Balaban J connectivity index is 1.51. The molecule has 1 aromatic carbocycles. The van der Waals surface area contributed by atoms with E-state index < -0.39 is 59.1 Å². The third kappa shape index (κ3) is 5.19. The van der Waals surface area contributed by atoms with E-state index in [2.05, 4.69) is 4.98 Å². The third-order valence-corrected chi connectivity index (χ3v) is 6.27. The van der Waals surface area contributed by atoms with E-state index >= 15 is 0 Å². The van der Waals surface area contributed by atoms with Gasteiger partial charge in [-0.3, -0.25) is 9.59 Å². The summed E-state index contributed by atoms with van der Waals surface area (Å²) >= 11 is 0. The van der Waals surface area contributed by atoms with Crippen molar-refractivity contribution >= 4 is 11.8 Å². The molecule has 196 valence electrons. The highest BCUT2D eigenvalue weighted by Gasteiger charge is 2.42. The van der Waals surface area contributed by atoms with Gasteiger partial charge in [-0.05, 0) is 24.5 Å². The zero-order valence-corrected chi connectivity index (χ0v) is 18.9. The molecule has 0 saturated carbocycles. The van der Waals surface area contributed by atoms with Gasteiger partial charge in [0.05, 0.1) is 18.3 Å². The zero-order valence-electron chi connectivity index (χ0n) is 18.9. The van der Waals surface area contributed by atoms with E-state index in [0.717, 1.165) is 4.57 Å². The molecular weight excluding hydrogens is 496 g/mol. The van der Waals surface area contributed by atoms with Crippen LogP contribution < -0.4 is 5.73 Å². The lowest BCUT2D eigenvalue weighted by Gasteiger charge is -2.30. The maximum absolute atomic E-state index is 13.9. The second-order valence-corrected chi connectivity index (χ2v) is 8.92. The fourth-order valence-corrected chi connectivity index (χ4v) is 4.47. The molecule has 4 rings (SSSR count). The number of amides is 2. The first kappa shape index (κ1) is 25.9. The lowest BCUT2D eigenvalue weighted by Crippen LogP contribution is -2.42. The van der Waals surface area contributed by atoms with Gasteiger partial charge in [-0.2, -0.15) is 13.2 Å². The van der Waals surface area contributed by atoms with E-state index in [9.17, 15) is 41.0 Å². The van der Waals surface area contributed by atoms with E-state index in [1.54, 1.807) is 0 Å². The fraction of sp³-hybridized carbons (Fsp3) is 0.500. The standard InChI is InChI=1S/C22H23F6N5O3/c23-14-8-16(25)15(24)6-11(14)5-12(29)7-18(35)31-3-4-33-17(10-31)19(30-21(33)22(26,27)28)20(36)32-2-1-13(34)9-32/h6,8,12-13,34H,1-5,7,9-10,29H2/t12?,13-/m1/s1. The van der Waals surface area contributed by atoms with Crippen LogP contribution in [0.2, 0.25) is 0 Å². The Kier molecular flexibility index (Phi) is 7.01. The van der Waals surface area contributed by atoms with Gasteiger partial charge < -0.3 is 25.2 Å². The molecule has 2 amide bonds. The number of halogens is 6. The minimum Gasteiger partial charge on any atom is -0.391 e. The predicted molar refractivity (Wildman–Crippen MR) is 112 cm³/mol. The van der Waals surface area contributed by atoms with Crippen molar-refractivity contribution in [1.82, 2.24) is 19.4 Å². The average molecular weight is 519 g/mol. The lowest BCUT2D eigenvalue weighted by molar-refractivity contribution is -0.148. The highest BCUT2D eigenvalue weighted by molar-refractivity contribution is 5.94. The largest absolute Gasteiger partial charge is 0.449 e. The van der Waals surface area contributed by atoms with E-state index in [1.165, 1.54) is 9.80 Å². The van der Waals surface area contributed by atoms with Crippen molar-refractivity contribution in [2.75, 3.05) is 19.6 Å². The molecular formula is C22H23F6N5O3. The molecule has 0 aliphatic carbocycles. The second kappa shape index (κ2) is 9.73. The maximum Gasteiger partial charge on any atom is 0.449 e. The molecule has 1 saturated heterocycles. The Bertz CT molecular complexity index is 1180. The molecule has 0 bridgehead atoms. The van der Waals surface area contributed by atoms with Gasteiger partial charge in [-0.15, -0.1) is 0 Å². The number of carbonyl (C=O) groups is 2. The van der Waals surface area contributed by atoms with Crippen molar-refractivity contribution in [3.8, 4) is 0 Å². The first-order valence-corrected chi connectivity index (χ1v) is 11.2. The molecule has 1 aromatic heterocycles. The molecule has 3 heterocycles. The molecule has 36 heavy (non-hydrogen) atoms. The van der Waals surface area contributed by atoms with Crippen molar-refractivity contribution in [2.45, 2.75) is 50.7 Å².